The van der Waals surface area contributed by atoms with Crippen molar-refractivity contribution >= 4 is 17.5 Å². The van der Waals surface area contributed by atoms with Crippen LogP contribution in [0.15, 0.2) is 6.20 Å². The maximum absolute atomic E-state index is 12.3. The van der Waals surface area contributed by atoms with Gasteiger partial charge in [-0.3, -0.25) is 14.6 Å². The van der Waals surface area contributed by atoms with Crippen LogP contribution in [0.3, 0.4) is 0 Å². The number of morpholine rings is 1. The molecule has 0 saturated carbocycles. The molecule has 0 aliphatic carbocycles. The number of aromatic nitrogens is 2. The van der Waals surface area contributed by atoms with Gasteiger partial charge in [0.25, 0.3) is 0 Å². The van der Waals surface area contributed by atoms with E-state index >= 15 is 0 Å². The van der Waals surface area contributed by atoms with Gasteiger partial charge in [0.1, 0.15) is 11.0 Å². The molecule has 2 aliphatic rings. The van der Waals surface area contributed by atoms with E-state index in [1.54, 1.807) is 6.20 Å². The van der Waals surface area contributed by atoms with E-state index in [-0.39, 0.29) is 5.91 Å². The van der Waals surface area contributed by atoms with Crippen LogP contribution in [-0.4, -0.2) is 89.2 Å². The molecule has 1 aromatic rings. The van der Waals surface area contributed by atoms with Crippen molar-refractivity contribution in [1.82, 2.24) is 24.3 Å². The van der Waals surface area contributed by atoms with E-state index in [1.807, 2.05) is 16.5 Å². The fraction of sp³-hybridized carbons (Fsp3) is 0.733. The molecular formula is C15H24ClN5O2. The molecular weight excluding hydrogens is 318 g/mol. The van der Waals surface area contributed by atoms with Crippen molar-refractivity contribution in [1.29, 1.82) is 0 Å². The van der Waals surface area contributed by atoms with Crippen LogP contribution in [-0.2, 0) is 23.1 Å². The smallest absolute Gasteiger partial charge is 0.236 e. The predicted molar refractivity (Wildman–Crippen MR) is 87.3 cm³/mol. The Morgan fingerprint density at radius 2 is 1.83 bits per heavy atom. The van der Waals surface area contributed by atoms with E-state index in [1.165, 1.54) is 0 Å². The third kappa shape index (κ3) is 4.23. The van der Waals surface area contributed by atoms with Crippen molar-refractivity contribution in [2.24, 2.45) is 7.05 Å². The third-order valence-electron chi connectivity index (χ3n) is 4.58. The molecule has 0 atom stereocenters. The van der Waals surface area contributed by atoms with Crippen molar-refractivity contribution < 1.29 is 9.53 Å². The van der Waals surface area contributed by atoms with Gasteiger partial charge in [-0.05, 0) is 0 Å². The van der Waals surface area contributed by atoms with Crippen molar-refractivity contribution in [2.45, 2.75) is 6.54 Å². The SMILES string of the molecule is Cn1c(Cl)cnc1CN1CCN(CC(=O)N2CCOCC2)CC1. The minimum Gasteiger partial charge on any atom is -0.378 e. The summed E-state index contributed by atoms with van der Waals surface area (Å²) in [6.07, 6.45) is 1.69. The van der Waals surface area contributed by atoms with Gasteiger partial charge in [0.2, 0.25) is 5.91 Å². The first-order valence-corrected chi connectivity index (χ1v) is 8.47. The molecule has 1 aromatic heterocycles. The maximum atomic E-state index is 12.3. The molecule has 0 N–H and O–H groups in total. The molecule has 2 fully saturated rings. The number of imidazole rings is 1. The Morgan fingerprint density at radius 3 is 2.43 bits per heavy atom. The fourth-order valence-electron chi connectivity index (χ4n) is 2.98. The molecule has 0 bridgehead atoms. The number of piperazine rings is 1. The topological polar surface area (TPSA) is 53.8 Å². The van der Waals surface area contributed by atoms with Crippen LogP contribution in [0, 0.1) is 0 Å². The molecule has 0 aromatic carbocycles. The first-order valence-electron chi connectivity index (χ1n) is 8.10. The Morgan fingerprint density at radius 1 is 1.17 bits per heavy atom. The highest BCUT2D eigenvalue weighted by Crippen LogP contribution is 2.12. The van der Waals surface area contributed by atoms with E-state index in [0.29, 0.717) is 24.9 Å². The minimum absolute atomic E-state index is 0.220. The molecule has 0 spiro atoms. The number of hydrogen-bond acceptors (Lipinski definition) is 5. The van der Waals surface area contributed by atoms with Gasteiger partial charge in [0, 0.05) is 46.3 Å². The normalized spacial score (nSPS) is 20.9. The van der Waals surface area contributed by atoms with E-state index in [4.69, 9.17) is 16.3 Å². The van der Waals surface area contributed by atoms with Crippen molar-refractivity contribution in [3.63, 3.8) is 0 Å². The van der Waals surface area contributed by atoms with E-state index in [2.05, 4.69) is 14.8 Å². The van der Waals surface area contributed by atoms with Crippen LogP contribution in [0.4, 0.5) is 0 Å². The van der Waals surface area contributed by atoms with Gasteiger partial charge in [-0.25, -0.2) is 4.98 Å². The van der Waals surface area contributed by atoms with Gasteiger partial charge in [-0.2, -0.15) is 0 Å². The van der Waals surface area contributed by atoms with Gasteiger partial charge in [0.15, 0.2) is 0 Å². The van der Waals surface area contributed by atoms with Gasteiger partial charge < -0.3 is 14.2 Å². The highest BCUT2D eigenvalue weighted by Gasteiger charge is 2.23. The number of nitrogens with zero attached hydrogens (tertiary/aromatic N) is 5. The lowest BCUT2D eigenvalue weighted by Crippen LogP contribution is -2.51. The molecule has 23 heavy (non-hydrogen) atoms. The van der Waals surface area contributed by atoms with Crippen LogP contribution >= 0.6 is 11.6 Å². The van der Waals surface area contributed by atoms with Gasteiger partial charge in [-0.15, -0.1) is 0 Å². The Balaban J connectivity index is 1.43. The molecule has 1 amide bonds. The summed E-state index contributed by atoms with van der Waals surface area (Å²) < 4.78 is 7.20. The summed E-state index contributed by atoms with van der Waals surface area (Å²) in [5, 5.41) is 0.662. The monoisotopic (exact) mass is 341 g/mol. The van der Waals surface area contributed by atoms with E-state index in [0.717, 1.165) is 51.6 Å². The number of carbonyl (C=O) groups excluding carboxylic acids is 1. The molecule has 0 unspecified atom stereocenters. The lowest BCUT2D eigenvalue weighted by Gasteiger charge is -2.35. The summed E-state index contributed by atoms with van der Waals surface area (Å²) in [4.78, 5) is 23.1. The molecule has 0 radical (unpaired) electrons. The van der Waals surface area contributed by atoms with Crippen molar-refractivity contribution in [3.05, 3.63) is 17.2 Å². The number of halogens is 1. The van der Waals surface area contributed by atoms with Crippen LogP contribution in [0.5, 0.6) is 0 Å². The largest absolute Gasteiger partial charge is 0.378 e. The van der Waals surface area contributed by atoms with Crippen LogP contribution in [0.25, 0.3) is 0 Å². The zero-order chi connectivity index (χ0) is 16.2. The Hall–Kier alpha value is -1.15. The number of carbonyl (C=O) groups is 1. The van der Waals surface area contributed by atoms with Gasteiger partial charge in [-0.1, -0.05) is 11.6 Å². The summed E-state index contributed by atoms with van der Waals surface area (Å²) in [7, 11) is 1.93. The highest BCUT2D eigenvalue weighted by molar-refractivity contribution is 6.29. The number of hydrogen-bond donors (Lipinski definition) is 0. The quantitative estimate of drug-likeness (QED) is 0.774. The second-order valence-electron chi connectivity index (χ2n) is 6.10. The predicted octanol–water partition coefficient (Wildman–Crippen LogP) is 0.0499. The van der Waals surface area contributed by atoms with E-state index in [9.17, 15) is 4.79 Å². The molecule has 8 heteroatoms. The molecule has 2 aliphatic heterocycles. The van der Waals surface area contributed by atoms with Crippen molar-refractivity contribution in [2.75, 3.05) is 59.0 Å². The first kappa shape index (κ1) is 16.7. The molecule has 2 saturated heterocycles. The van der Waals surface area contributed by atoms with Gasteiger partial charge in [0.05, 0.1) is 32.5 Å². The Labute approximate surface area is 141 Å². The Kier molecular flexibility index (Phi) is 5.53. The summed E-state index contributed by atoms with van der Waals surface area (Å²) >= 11 is 6.02. The average molecular weight is 342 g/mol. The van der Waals surface area contributed by atoms with Crippen LogP contribution in [0.2, 0.25) is 5.15 Å². The maximum Gasteiger partial charge on any atom is 0.236 e. The highest BCUT2D eigenvalue weighted by atomic mass is 35.5. The number of rotatable bonds is 4. The molecule has 128 valence electrons. The minimum atomic E-state index is 0.220. The first-order chi connectivity index (χ1) is 11.1. The van der Waals surface area contributed by atoms with Crippen LogP contribution in [0.1, 0.15) is 5.82 Å². The number of amides is 1. The number of ether oxygens (including phenoxy) is 1. The lowest BCUT2D eigenvalue weighted by atomic mass is 10.3. The second kappa shape index (κ2) is 7.61. The van der Waals surface area contributed by atoms with Gasteiger partial charge >= 0.3 is 0 Å². The summed E-state index contributed by atoms with van der Waals surface area (Å²) in [5.41, 5.74) is 0. The van der Waals surface area contributed by atoms with E-state index < -0.39 is 0 Å². The molecule has 7 nitrogen and oxygen atoms in total. The molecule has 3 rings (SSSR count). The average Bonchev–Trinajstić information content (AvgIpc) is 2.89. The zero-order valence-corrected chi connectivity index (χ0v) is 14.3. The third-order valence-corrected chi connectivity index (χ3v) is 4.93. The summed E-state index contributed by atoms with van der Waals surface area (Å²) in [6.45, 7) is 7.79. The Bertz CT molecular complexity index is 536. The van der Waals surface area contributed by atoms with Crippen molar-refractivity contribution in [3.8, 4) is 0 Å². The fourth-order valence-corrected chi connectivity index (χ4v) is 3.13. The molecule has 3 heterocycles. The lowest BCUT2D eigenvalue weighted by molar-refractivity contribution is -0.136. The standard InChI is InChI=1S/C15H24ClN5O2/c1-18-13(16)10-17-14(18)11-19-2-4-20(5-3-19)12-15(22)21-6-8-23-9-7-21/h10H,2-9,11-12H2,1H3. The van der Waals surface area contributed by atoms with Crippen LogP contribution < -0.4 is 0 Å². The second-order valence-corrected chi connectivity index (χ2v) is 6.49. The summed E-state index contributed by atoms with van der Waals surface area (Å²) in [6, 6.07) is 0. The zero-order valence-electron chi connectivity index (χ0n) is 13.6. The summed E-state index contributed by atoms with van der Waals surface area (Å²) in [5.74, 6) is 1.20.